The molecule has 1 N–H and O–H groups in total. The van der Waals surface area contributed by atoms with Crippen molar-refractivity contribution in [1.82, 2.24) is 19.4 Å². The summed E-state index contributed by atoms with van der Waals surface area (Å²) in [6, 6.07) is 51.7. The summed E-state index contributed by atoms with van der Waals surface area (Å²) < 4.78 is 4.72. The van der Waals surface area contributed by atoms with Crippen LogP contribution < -0.4 is 5.32 Å². The van der Waals surface area contributed by atoms with Gasteiger partial charge in [0.1, 0.15) is 0 Å². The monoisotopic (exact) mass is 708 g/mol. The van der Waals surface area contributed by atoms with E-state index in [9.17, 15) is 0 Å². The summed E-state index contributed by atoms with van der Waals surface area (Å²) in [5, 5.41) is 7.79. The maximum Gasteiger partial charge on any atom is 0.0856 e. The number of fused-ring (bicyclic) bond motifs is 8. The smallest absolute Gasteiger partial charge is 0.0856 e. The lowest BCUT2D eigenvalue weighted by molar-refractivity contribution is 0.290. The van der Waals surface area contributed by atoms with E-state index < -0.39 is 5.41 Å². The van der Waals surface area contributed by atoms with Gasteiger partial charge in [-0.1, -0.05) is 115 Å². The number of rotatable bonds is 5. The van der Waals surface area contributed by atoms with E-state index in [1.54, 1.807) is 0 Å². The molecule has 3 atom stereocenters. The van der Waals surface area contributed by atoms with E-state index in [4.69, 9.17) is 0 Å². The van der Waals surface area contributed by atoms with E-state index in [2.05, 4.69) is 222 Å². The molecule has 55 heavy (non-hydrogen) atoms. The Kier molecular flexibility index (Phi) is 6.99. The van der Waals surface area contributed by atoms with Crippen LogP contribution in [0.5, 0.6) is 0 Å². The Morgan fingerprint density at radius 3 is 2.13 bits per heavy atom. The minimum absolute atomic E-state index is 0.0481. The predicted molar refractivity (Wildman–Crippen MR) is 229 cm³/mol. The molecule has 4 nitrogen and oxygen atoms in total. The van der Waals surface area contributed by atoms with Crippen molar-refractivity contribution in [3.63, 3.8) is 0 Å². The van der Waals surface area contributed by atoms with Crippen molar-refractivity contribution in [2.75, 3.05) is 7.05 Å². The highest BCUT2D eigenvalue weighted by molar-refractivity contribution is 6.15. The summed E-state index contributed by atoms with van der Waals surface area (Å²) in [4.78, 5) is 2.39. The van der Waals surface area contributed by atoms with E-state index in [0.717, 1.165) is 11.4 Å². The van der Waals surface area contributed by atoms with Crippen LogP contribution >= 0.6 is 0 Å². The summed E-state index contributed by atoms with van der Waals surface area (Å²) in [5.74, 6) is 0. The van der Waals surface area contributed by atoms with Crippen LogP contribution in [-0.4, -0.2) is 33.2 Å². The minimum Gasteiger partial charge on any atom is -0.381 e. The number of hydrogen-bond donors (Lipinski definition) is 1. The van der Waals surface area contributed by atoms with Gasteiger partial charge in [0, 0.05) is 47.1 Å². The zero-order chi connectivity index (χ0) is 36.7. The van der Waals surface area contributed by atoms with Gasteiger partial charge >= 0.3 is 0 Å². The molecule has 0 radical (unpaired) electrons. The lowest BCUT2D eigenvalue weighted by Crippen LogP contribution is -2.52. The fourth-order valence-electron chi connectivity index (χ4n) is 9.78. The van der Waals surface area contributed by atoms with Crippen molar-refractivity contribution >= 4 is 32.7 Å². The molecule has 2 aliphatic heterocycles. The molecule has 0 spiro atoms. The van der Waals surface area contributed by atoms with Gasteiger partial charge in [-0.3, -0.25) is 0 Å². The number of dihydropyridines is 1. The van der Waals surface area contributed by atoms with Gasteiger partial charge in [0.15, 0.2) is 0 Å². The van der Waals surface area contributed by atoms with E-state index >= 15 is 0 Å². The van der Waals surface area contributed by atoms with Crippen molar-refractivity contribution < 1.29 is 0 Å². The number of benzene rings is 6. The van der Waals surface area contributed by atoms with Crippen molar-refractivity contribution in [2.45, 2.75) is 24.4 Å². The van der Waals surface area contributed by atoms with E-state index in [1.165, 1.54) is 71.8 Å². The molecular weight excluding hydrogens is 669 g/mol. The van der Waals surface area contributed by atoms with Crippen LogP contribution in [0.25, 0.3) is 66.3 Å². The molecule has 264 valence electrons. The Bertz CT molecular complexity index is 2930. The second-order valence-corrected chi connectivity index (χ2v) is 15.2. The molecule has 1 aliphatic carbocycles. The molecule has 0 bridgehead atoms. The third-order valence-electron chi connectivity index (χ3n) is 12.2. The Morgan fingerprint density at radius 1 is 0.600 bits per heavy atom. The molecule has 3 unspecified atom stereocenters. The third kappa shape index (κ3) is 4.58. The van der Waals surface area contributed by atoms with Crippen molar-refractivity contribution in [1.29, 1.82) is 0 Å². The quantitative estimate of drug-likeness (QED) is 0.193. The zero-order valence-electron chi connectivity index (χ0n) is 30.9. The fourth-order valence-corrected chi connectivity index (χ4v) is 9.78. The van der Waals surface area contributed by atoms with Crippen molar-refractivity contribution in [2.24, 2.45) is 0 Å². The summed E-state index contributed by atoms with van der Waals surface area (Å²) >= 11 is 0. The maximum atomic E-state index is 3.97. The van der Waals surface area contributed by atoms with Gasteiger partial charge in [-0.05, 0) is 113 Å². The van der Waals surface area contributed by atoms with Crippen LogP contribution in [0.4, 0.5) is 0 Å². The zero-order valence-corrected chi connectivity index (χ0v) is 30.9. The van der Waals surface area contributed by atoms with Crippen LogP contribution in [0, 0.1) is 0 Å². The Hall–Kier alpha value is -6.78. The number of aromatic nitrogens is 2. The summed E-state index contributed by atoms with van der Waals surface area (Å²) in [5.41, 5.74) is 14.4. The van der Waals surface area contributed by atoms with Gasteiger partial charge in [0.05, 0.1) is 28.0 Å². The molecule has 0 saturated carbocycles. The molecule has 0 saturated heterocycles. The number of nitrogens with zero attached hydrogens (tertiary/aromatic N) is 3. The average Bonchev–Trinajstić information content (AvgIpc) is 3.91. The average molecular weight is 709 g/mol. The van der Waals surface area contributed by atoms with Gasteiger partial charge in [-0.25, -0.2) is 0 Å². The standard InChI is InChI=1S/C51H40N4/c1-34-12-11-19-47(52-34)51(48-20-9-10-32-53(48)2)43-16-6-4-14-40(43)41-29-30-46-49(50(41)51)42-15-5-8-18-45(42)55(46)39-27-23-36(24-28-39)35-21-25-38(26-22-35)54-33-31-37-13-3-7-17-44(37)54/h3-34,48,52H,1-2H3. The second-order valence-electron chi connectivity index (χ2n) is 15.2. The predicted octanol–water partition coefficient (Wildman–Crippen LogP) is 11.5. The molecule has 11 rings (SSSR count). The summed E-state index contributed by atoms with van der Waals surface area (Å²) in [6.07, 6.45) is 17.9. The Balaban J connectivity index is 1.09. The van der Waals surface area contributed by atoms with Crippen molar-refractivity contribution in [3.8, 4) is 33.6 Å². The fraction of sp³-hybridized carbons (Fsp3) is 0.0980. The van der Waals surface area contributed by atoms with Gasteiger partial charge in [-0.15, -0.1) is 0 Å². The Morgan fingerprint density at radius 2 is 1.33 bits per heavy atom. The van der Waals surface area contributed by atoms with Gasteiger partial charge in [0.2, 0.25) is 0 Å². The Labute approximate surface area is 321 Å². The largest absolute Gasteiger partial charge is 0.381 e. The van der Waals surface area contributed by atoms with Gasteiger partial charge in [-0.2, -0.15) is 0 Å². The van der Waals surface area contributed by atoms with Crippen molar-refractivity contribution in [3.05, 3.63) is 205 Å². The van der Waals surface area contributed by atoms with Gasteiger partial charge in [0.25, 0.3) is 0 Å². The highest BCUT2D eigenvalue weighted by Gasteiger charge is 2.54. The molecule has 3 aliphatic rings. The molecule has 4 heteroatoms. The van der Waals surface area contributed by atoms with Crippen LogP contribution in [0.15, 0.2) is 194 Å². The molecule has 8 aromatic rings. The molecule has 2 aromatic heterocycles. The highest BCUT2D eigenvalue weighted by Crippen LogP contribution is 2.59. The normalized spacial score (nSPS) is 19.9. The van der Waals surface area contributed by atoms with E-state index in [-0.39, 0.29) is 12.1 Å². The first kappa shape index (κ1) is 31.7. The highest BCUT2D eigenvalue weighted by atomic mass is 15.1. The third-order valence-corrected chi connectivity index (χ3v) is 12.2. The van der Waals surface area contributed by atoms with Gasteiger partial charge < -0.3 is 19.4 Å². The first-order valence-corrected chi connectivity index (χ1v) is 19.3. The minimum atomic E-state index is -0.488. The molecular formula is C51H40N4. The van der Waals surface area contributed by atoms with Crippen LogP contribution in [0.3, 0.4) is 0 Å². The SMILES string of the molecule is CC1C=CC=C(C2(C3C=CC=CN3C)c3ccccc3-c3ccc4c(c32)c2ccccc2n4-c2ccc(-c3ccc(-n4ccc5ccccc54)cc3)cc2)N1. The number of likely N-dealkylation sites (N-methyl/N-ethyl adjacent to an activating group) is 1. The maximum absolute atomic E-state index is 3.97. The lowest BCUT2D eigenvalue weighted by atomic mass is 9.66. The van der Waals surface area contributed by atoms with Crippen LogP contribution in [-0.2, 0) is 5.41 Å². The van der Waals surface area contributed by atoms with E-state index in [0.29, 0.717) is 0 Å². The lowest BCUT2D eigenvalue weighted by Gasteiger charge is -2.46. The number of nitrogens with one attached hydrogen (secondary N) is 1. The summed E-state index contributed by atoms with van der Waals surface area (Å²) in [6.45, 7) is 2.24. The van der Waals surface area contributed by atoms with Crippen LogP contribution in [0.1, 0.15) is 18.1 Å². The molecule has 4 heterocycles. The number of allylic oxidation sites excluding steroid dienone is 4. The summed E-state index contributed by atoms with van der Waals surface area (Å²) in [7, 11) is 2.22. The second kappa shape index (κ2) is 12.1. The molecule has 0 amide bonds. The topological polar surface area (TPSA) is 25.1 Å². The van der Waals surface area contributed by atoms with Crippen LogP contribution in [0.2, 0.25) is 0 Å². The first-order chi connectivity index (χ1) is 27.1. The number of hydrogen-bond acceptors (Lipinski definition) is 2. The first-order valence-electron chi connectivity index (χ1n) is 19.3. The molecule has 0 fully saturated rings. The molecule has 6 aromatic carbocycles. The number of para-hydroxylation sites is 2. The van der Waals surface area contributed by atoms with E-state index in [1.807, 2.05) is 0 Å².